The number of hydrogen-bond donors (Lipinski definition) is 1. The molecule has 0 radical (unpaired) electrons. The molecule has 1 saturated carbocycles. The summed E-state index contributed by atoms with van der Waals surface area (Å²) in [6.07, 6.45) is 4.32. The van der Waals surface area contributed by atoms with Crippen LogP contribution in [0.15, 0.2) is 0 Å². The van der Waals surface area contributed by atoms with Gasteiger partial charge in [-0.05, 0) is 31.1 Å². The van der Waals surface area contributed by atoms with Crippen LogP contribution in [-0.4, -0.2) is 37.1 Å². The Morgan fingerprint density at radius 2 is 1.50 bits per heavy atom. The van der Waals surface area contributed by atoms with Crippen molar-refractivity contribution in [2.75, 3.05) is 26.2 Å². The summed E-state index contributed by atoms with van der Waals surface area (Å²) in [4.78, 5) is 2.71. The molecule has 0 spiro atoms. The zero-order chi connectivity index (χ0) is 9.97. The third kappa shape index (κ3) is 2.48. The van der Waals surface area contributed by atoms with Gasteiger partial charge in [0.2, 0.25) is 0 Å². The summed E-state index contributed by atoms with van der Waals surface area (Å²) >= 11 is 0. The van der Waals surface area contributed by atoms with Gasteiger partial charge in [-0.1, -0.05) is 13.8 Å². The second-order valence-corrected chi connectivity index (χ2v) is 5.36. The number of nitrogens with zero attached hydrogens (tertiary/aromatic N) is 1. The van der Waals surface area contributed by atoms with Crippen LogP contribution in [0.3, 0.4) is 0 Å². The van der Waals surface area contributed by atoms with Crippen molar-refractivity contribution in [1.29, 1.82) is 0 Å². The highest BCUT2D eigenvalue weighted by Crippen LogP contribution is 2.31. The molecule has 0 aromatic rings. The fraction of sp³-hybridized carbons (Fsp3) is 1.00. The van der Waals surface area contributed by atoms with Crippen LogP contribution in [0, 0.1) is 11.8 Å². The highest BCUT2D eigenvalue weighted by molar-refractivity contribution is 4.84. The smallest absolute Gasteiger partial charge is 0.0110 e. The number of hydrogen-bond acceptors (Lipinski definition) is 2. The molecular weight excluding hydrogens is 172 g/mol. The third-order valence-electron chi connectivity index (χ3n) is 3.82. The van der Waals surface area contributed by atoms with Crippen LogP contribution in [0.4, 0.5) is 0 Å². The average molecular weight is 196 g/mol. The van der Waals surface area contributed by atoms with Gasteiger partial charge in [-0.15, -0.1) is 0 Å². The van der Waals surface area contributed by atoms with E-state index in [1.54, 1.807) is 0 Å². The van der Waals surface area contributed by atoms with E-state index in [2.05, 4.69) is 24.1 Å². The number of piperazine rings is 1. The maximum atomic E-state index is 3.43. The van der Waals surface area contributed by atoms with Crippen molar-refractivity contribution < 1.29 is 0 Å². The zero-order valence-corrected chi connectivity index (χ0v) is 9.63. The molecule has 1 aliphatic carbocycles. The number of nitrogens with one attached hydrogen (secondary N) is 1. The van der Waals surface area contributed by atoms with Crippen molar-refractivity contribution in [1.82, 2.24) is 10.2 Å². The van der Waals surface area contributed by atoms with Crippen LogP contribution >= 0.6 is 0 Å². The van der Waals surface area contributed by atoms with Crippen molar-refractivity contribution in [2.45, 2.75) is 39.2 Å². The fourth-order valence-corrected chi connectivity index (χ4v) is 3.25. The first-order chi connectivity index (χ1) is 6.75. The van der Waals surface area contributed by atoms with Crippen LogP contribution in [0.2, 0.25) is 0 Å². The lowest BCUT2D eigenvalue weighted by Gasteiger charge is -2.41. The molecule has 0 aromatic heterocycles. The topological polar surface area (TPSA) is 15.3 Å². The largest absolute Gasteiger partial charge is 0.314 e. The zero-order valence-electron chi connectivity index (χ0n) is 9.63. The Labute approximate surface area is 88.1 Å². The van der Waals surface area contributed by atoms with Crippen LogP contribution in [0.5, 0.6) is 0 Å². The van der Waals surface area contributed by atoms with E-state index in [4.69, 9.17) is 0 Å². The monoisotopic (exact) mass is 196 g/mol. The third-order valence-corrected chi connectivity index (χ3v) is 3.82. The Kier molecular flexibility index (Phi) is 3.45. The lowest BCUT2D eigenvalue weighted by Crippen LogP contribution is -2.50. The van der Waals surface area contributed by atoms with Crippen LogP contribution in [0.25, 0.3) is 0 Å². The molecule has 14 heavy (non-hydrogen) atoms. The molecule has 82 valence electrons. The van der Waals surface area contributed by atoms with Gasteiger partial charge in [0, 0.05) is 32.2 Å². The van der Waals surface area contributed by atoms with E-state index in [9.17, 15) is 0 Å². The standard InChI is InChI=1S/C12H24N2/c1-10-7-11(2)9-12(8-10)14-5-3-13-4-6-14/h10-13H,3-9H2,1-2H3. The van der Waals surface area contributed by atoms with Gasteiger partial charge in [0.15, 0.2) is 0 Å². The van der Waals surface area contributed by atoms with Gasteiger partial charge in [0.1, 0.15) is 0 Å². The minimum atomic E-state index is 0.885. The van der Waals surface area contributed by atoms with Gasteiger partial charge in [-0.25, -0.2) is 0 Å². The van der Waals surface area contributed by atoms with Crippen LogP contribution in [0.1, 0.15) is 33.1 Å². The molecule has 2 aliphatic rings. The van der Waals surface area contributed by atoms with E-state index in [-0.39, 0.29) is 0 Å². The summed E-state index contributed by atoms with van der Waals surface area (Å²) in [6.45, 7) is 9.77. The van der Waals surface area contributed by atoms with Gasteiger partial charge < -0.3 is 5.32 Å². The molecule has 2 heteroatoms. The second kappa shape index (κ2) is 4.63. The van der Waals surface area contributed by atoms with Crippen LogP contribution in [-0.2, 0) is 0 Å². The molecule has 0 amide bonds. The summed E-state index contributed by atoms with van der Waals surface area (Å²) < 4.78 is 0. The normalized spacial score (nSPS) is 41.1. The van der Waals surface area contributed by atoms with Gasteiger partial charge in [-0.3, -0.25) is 4.90 Å². The van der Waals surface area contributed by atoms with Gasteiger partial charge in [0.05, 0.1) is 0 Å². The highest BCUT2D eigenvalue weighted by Gasteiger charge is 2.28. The quantitative estimate of drug-likeness (QED) is 0.687. The van der Waals surface area contributed by atoms with E-state index in [0.29, 0.717) is 0 Å². The van der Waals surface area contributed by atoms with E-state index in [1.165, 1.54) is 45.4 Å². The lowest BCUT2D eigenvalue weighted by molar-refractivity contribution is 0.0978. The van der Waals surface area contributed by atoms with E-state index >= 15 is 0 Å². The van der Waals surface area contributed by atoms with Crippen molar-refractivity contribution in [3.05, 3.63) is 0 Å². The molecule has 2 nitrogen and oxygen atoms in total. The van der Waals surface area contributed by atoms with E-state index in [0.717, 1.165) is 17.9 Å². The molecular formula is C12H24N2. The molecule has 1 N–H and O–H groups in total. The van der Waals surface area contributed by atoms with Gasteiger partial charge in [0.25, 0.3) is 0 Å². The highest BCUT2D eigenvalue weighted by atomic mass is 15.2. The van der Waals surface area contributed by atoms with E-state index in [1.807, 2.05) is 0 Å². The maximum Gasteiger partial charge on any atom is 0.0110 e. The molecule has 2 fully saturated rings. The fourth-order valence-electron chi connectivity index (χ4n) is 3.25. The molecule has 0 aromatic carbocycles. The van der Waals surface area contributed by atoms with Crippen molar-refractivity contribution in [3.63, 3.8) is 0 Å². The minimum Gasteiger partial charge on any atom is -0.314 e. The molecule has 1 aliphatic heterocycles. The summed E-state index contributed by atoms with van der Waals surface area (Å²) in [5, 5.41) is 3.43. The van der Waals surface area contributed by atoms with Gasteiger partial charge in [-0.2, -0.15) is 0 Å². The maximum absolute atomic E-state index is 3.43. The SMILES string of the molecule is CC1CC(C)CC(N2CCNCC2)C1. The van der Waals surface area contributed by atoms with Crippen molar-refractivity contribution in [3.8, 4) is 0 Å². The summed E-state index contributed by atoms with van der Waals surface area (Å²) in [5.74, 6) is 1.89. The molecule has 0 bridgehead atoms. The first kappa shape index (κ1) is 10.4. The Balaban J connectivity index is 1.88. The summed E-state index contributed by atoms with van der Waals surface area (Å²) in [5.41, 5.74) is 0. The Hall–Kier alpha value is -0.0800. The summed E-state index contributed by atoms with van der Waals surface area (Å²) in [7, 11) is 0. The minimum absolute atomic E-state index is 0.885. The Morgan fingerprint density at radius 1 is 0.929 bits per heavy atom. The van der Waals surface area contributed by atoms with E-state index < -0.39 is 0 Å². The summed E-state index contributed by atoms with van der Waals surface area (Å²) in [6, 6.07) is 0.885. The molecule has 1 saturated heterocycles. The molecule has 2 rings (SSSR count). The predicted octanol–water partition coefficient (Wildman–Crippen LogP) is 1.72. The van der Waals surface area contributed by atoms with Crippen molar-refractivity contribution in [2.24, 2.45) is 11.8 Å². The Morgan fingerprint density at radius 3 is 2.07 bits per heavy atom. The molecule has 1 heterocycles. The predicted molar refractivity (Wildman–Crippen MR) is 60.4 cm³/mol. The molecule has 2 unspecified atom stereocenters. The first-order valence-electron chi connectivity index (χ1n) is 6.20. The van der Waals surface area contributed by atoms with Crippen molar-refractivity contribution >= 4 is 0 Å². The average Bonchev–Trinajstić information content (AvgIpc) is 2.18. The van der Waals surface area contributed by atoms with Crippen LogP contribution < -0.4 is 5.32 Å². The number of rotatable bonds is 1. The second-order valence-electron chi connectivity index (χ2n) is 5.36. The van der Waals surface area contributed by atoms with Gasteiger partial charge >= 0.3 is 0 Å². The molecule has 2 atom stereocenters. The lowest BCUT2D eigenvalue weighted by atomic mass is 9.79. The Bertz CT molecular complexity index is 165. The first-order valence-corrected chi connectivity index (χ1v) is 6.20.